The van der Waals surface area contributed by atoms with Crippen LogP contribution in [-0.2, 0) is 4.79 Å². The highest BCUT2D eigenvalue weighted by Gasteiger charge is 2.23. The van der Waals surface area contributed by atoms with Crippen LogP contribution in [0.25, 0.3) is 0 Å². The van der Waals surface area contributed by atoms with E-state index in [1.54, 1.807) is 11.3 Å². The Balaban J connectivity index is 2.26. The number of hydrogen-bond acceptors (Lipinski definition) is 2. The molecule has 2 rings (SSSR count). The van der Waals surface area contributed by atoms with Crippen LogP contribution in [0.1, 0.15) is 37.1 Å². The van der Waals surface area contributed by atoms with Crippen LogP contribution in [0.5, 0.6) is 0 Å². The molecule has 0 saturated heterocycles. The van der Waals surface area contributed by atoms with Gasteiger partial charge in [-0.1, -0.05) is 36.1 Å². The third-order valence-corrected chi connectivity index (χ3v) is 3.66. The van der Waals surface area contributed by atoms with Gasteiger partial charge in [-0.2, -0.15) is 0 Å². The molecule has 1 atom stereocenters. The van der Waals surface area contributed by atoms with Crippen molar-refractivity contribution in [1.29, 1.82) is 0 Å². The fourth-order valence-electron chi connectivity index (χ4n) is 1.84. The third kappa shape index (κ3) is 4.77. The van der Waals surface area contributed by atoms with E-state index >= 15 is 0 Å². The summed E-state index contributed by atoms with van der Waals surface area (Å²) >= 11 is 1.56. The summed E-state index contributed by atoms with van der Waals surface area (Å²) in [7, 11) is 0. The Morgan fingerprint density at radius 3 is 2.43 bits per heavy atom. The van der Waals surface area contributed by atoms with E-state index in [-0.39, 0.29) is 11.4 Å². The Morgan fingerprint density at radius 1 is 1.14 bits per heavy atom. The first-order valence-electron chi connectivity index (χ1n) is 6.88. The lowest BCUT2D eigenvalue weighted by atomic mass is 10.0. The second kappa shape index (κ2) is 6.60. The molecule has 0 saturated carbocycles. The lowest BCUT2D eigenvalue weighted by molar-refractivity contribution is -0.122. The van der Waals surface area contributed by atoms with Crippen LogP contribution in [0.3, 0.4) is 0 Å². The van der Waals surface area contributed by atoms with Crippen molar-refractivity contribution in [2.45, 2.75) is 32.2 Å². The van der Waals surface area contributed by atoms with E-state index in [2.05, 4.69) is 17.2 Å². The maximum atomic E-state index is 12.5. The standard InChI is InChI=1S/C18H19NOS/c1-18(2,3)19-17(20)15(16-10-7-13-21-16)12-11-14-8-5-4-6-9-14/h4-10,13,15H,1-3H3,(H,19,20). The summed E-state index contributed by atoms with van der Waals surface area (Å²) in [5.74, 6) is 5.73. The maximum Gasteiger partial charge on any atom is 0.240 e. The first kappa shape index (κ1) is 15.3. The Hall–Kier alpha value is -2.05. The molecule has 1 unspecified atom stereocenters. The Morgan fingerprint density at radius 2 is 1.86 bits per heavy atom. The number of carbonyl (C=O) groups excluding carboxylic acids is 1. The van der Waals surface area contributed by atoms with Crippen molar-refractivity contribution in [3.8, 4) is 11.8 Å². The molecule has 1 aromatic heterocycles. The van der Waals surface area contributed by atoms with Crippen LogP contribution >= 0.6 is 11.3 Å². The minimum Gasteiger partial charge on any atom is -0.350 e. The van der Waals surface area contributed by atoms with Crippen LogP contribution < -0.4 is 5.32 Å². The minimum atomic E-state index is -0.426. The quantitative estimate of drug-likeness (QED) is 0.839. The highest BCUT2D eigenvalue weighted by Crippen LogP contribution is 2.22. The summed E-state index contributed by atoms with van der Waals surface area (Å²) in [6.07, 6.45) is 0. The molecule has 0 spiro atoms. The van der Waals surface area contributed by atoms with Crippen molar-refractivity contribution < 1.29 is 4.79 Å². The summed E-state index contributed by atoms with van der Waals surface area (Å²) in [5, 5.41) is 4.98. The molecule has 21 heavy (non-hydrogen) atoms. The largest absolute Gasteiger partial charge is 0.350 e. The van der Waals surface area contributed by atoms with Gasteiger partial charge in [-0.05, 0) is 44.4 Å². The molecule has 0 aliphatic rings. The maximum absolute atomic E-state index is 12.5. The molecule has 0 fully saturated rings. The fraction of sp³-hybridized carbons (Fsp3) is 0.278. The average Bonchev–Trinajstić information content (AvgIpc) is 2.92. The molecule has 1 aromatic carbocycles. The normalized spacial score (nSPS) is 12.1. The smallest absolute Gasteiger partial charge is 0.240 e. The third-order valence-electron chi connectivity index (χ3n) is 2.72. The van der Waals surface area contributed by atoms with Crippen molar-refractivity contribution in [1.82, 2.24) is 5.32 Å². The van der Waals surface area contributed by atoms with Gasteiger partial charge in [0.25, 0.3) is 0 Å². The average molecular weight is 297 g/mol. The minimum absolute atomic E-state index is 0.0478. The lowest BCUT2D eigenvalue weighted by Gasteiger charge is -2.22. The van der Waals surface area contributed by atoms with E-state index in [0.29, 0.717) is 0 Å². The number of nitrogens with one attached hydrogen (secondary N) is 1. The van der Waals surface area contributed by atoms with Gasteiger partial charge in [0.15, 0.2) is 0 Å². The van der Waals surface area contributed by atoms with Gasteiger partial charge >= 0.3 is 0 Å². The highest BCUT2D eigenvalue weighted by atomic mass is 32.1. The summed E-state index contributed by atoms with van der Waals surface area (Å²) in [6, 6.07) is 13.6. The van der Waals surface area contributed by atoms with Gasteiger partial charge in [0, 0.05) is 16.0 Å². The molecule has 1 N–H and O–H groups in total. The summed E-state index contributed by atoms with van der Waals surface area (Å²) in [4.78, 5) is 13.4. The van der Waals surface area contributed by atoms with Gasteiger partial charge in [0.1, 0.15) is 5.92 Å². The first-order chi connectivity index (χ1) is 9.96. The van der Waals surface area contributed by atoms with Gasteiger partial charge in [-0.3, -0.25) is 4.79 Å². The van der Waals surface area contributed by atoms with Crippen LogP contribution in [-0.4, -0.2) is 11.4 Å². The Kier molecular flexibility index (Phi) is 4.82. The van der Waals surface area contributed by atoms with E-state index in [1.807, 2.05) is 68.6 Å². The second-order valence-corrected chi connectivity index (χ2v) is 6.80. The summed E-state index contributed by atoms with van der Waals surface area (Å²) in [6.45, 7) is 5.92. The van der Waals surface area contributed by atoms with Crippen molar-refractivity contribution in [3.63, 3.8) is 0 Å². The van der Waals surface area contributed by atoms with Crippen molar-refractivity contribution in [2.24, 2.45) is 0 Å². The molecule has 2 nitrogen and oxygen atoms in total. The fourth-order valence-corrected chi connectivity index (χ4v) is 2.61. The molecule has 0 aliphatic carbocycles. The number of rotatable bonds is 2. The SMILES string of the molecule is CC(C)(C)NC(=O)C(C#Cc1ccccc1)c1cccs1. The Bertz CT molecular complexity index is 642. The van der Waals surface area contributed by atoms with Crippen molar-refractivity contribution in [3.05, 3.63) is 58.3 Å². The number of amides is 1. The molecular weight excluding hydrogens is 278 g/mol. The van der Waals surface area contributed by atoms with Crippen molar-refractivity contribution in [2.75, 3.05) is 0 Å². The number of carbonyl (C=O) groups is 1. The summed E-state index contributed by atoms with van der Waals surface area (Å²) < 4.78 is 0. The topological polar surface area (TPSA) is 29.1 Å². The van der Waals surface area contributed by atoms with Gasteiger partial charge in [-0.15, -0.1) is 11.3 Å². The molecule has 3 heteroatoms. The van der Waals surface area contributed by atoms with E-state index in [0.717, 1.165) is 10.4 Å². The van der Waals surface area contributed by atoms with Crippen LogP contribution in [0.2, 0.25) is 0 Å². The molecule has 108 valence electrons. The number of thiophene rings is 1. The van der Waals surface area contributed by atoms with E-state index in [1.165, 1.54) is 0 Å². The van der Waals surface area contributed by atoms with E-state index < -0.39 is 5.92 Å². The molecule has 0 bridgehead atoms. The molecular formula is C18H19NOS. The van der Waals surface area contributed by atoms with Crippen LogP contribution in [0.15, 0.2) is 47.8 Å². The van der Waals surface area contributed by atoms with Crippen molar-refractivity contribution >= 4 is 17.2 Å². The zero-order valence-electron chi connectivity index (χ0n) is 12.5. The monoisotopic (exact) mass is 297 g/mol. The van der Waals surface area contributed by atoms with Gasteiger partial charge < -0.3 is 5.32 Å². The summed E-state index contributed by atoms with van der Waals surface area (Å²) in [5.41, 5.74) is 0.656. The Labute approximate surface area is 130 Å². The zero-order valence-corrected chi connectivity index (χ0v) is 13.3. The number of hydrogen-bond donors (Lipinski definition) is 1. The molecule has 1 amide bonds. The first-order valence-corrected chi connectivity index (χ1v) is 7.76. The van der Waals surface area contributed by atoms with Gasteiger partial charge in [-0.25, -0.2) is 0 Å². The van der Waals surface area contributed by atoms with E-state index in [9.17, 15) is 4.79 Å². The zero-order chi connectivity index (χ0) is 15.3. The van der Waals surface area contributed by atoms with Gasteiger partial charge in [0.2, 0.25) is 5.91 Å². The van der Waals surface area contributed by atoms with Crippen LogP contribution in [0, 0.1) is 11.8 Å². The molecule has 2 aromatic rings. The van der Waals surface area contributed by atoms with E-state index in [4.69, 9.17) is 0 Å². The molecule has 0 radical (unpaired) electrons. The second-order valence-electron chi connectivity index (χ2n) is 5.82. The van der Waals surface area contributed by atoms with Gasteiger partial charge in [0.05, 0.1) is 0 Å². The molecule has 1 heterocycles. The highest BCUT2D eigenvalue weighted by molar-refractivity contribution is 7.10. The lowest BCUT2D eigenvalue weighted by Crippen LogP contribution is -2.42. The predicted octanol–water partition coefficient (Wildman–Crippen LogP) is 3.80. The predicted molar refractivity (Wildman–Crippen MR) is 88.3 cm³/mol. The van der Waals surface area contributed by atoms with Crippen LogP contribution in [0.4, 0.5) is 0 Å². The number of benzene rings is 1. The molecule has 0 aliphatic heterocycles.